The molecule has 2 rings (SSSR count). The van der Waals surface area contributed by atoms with E-state index in [2.05, 4.69) is 16.8 Å². The van der Waals surface area contributed by atoms with Gasteiger partial charge in [0.2, 0.25) is 5.91 Å². The quantitative estimate of drug-likeness (QED) is 0.771. The number of amides is 1. The van der Waals surface area contributed by atoms with Crippen LogP contribution in [0.25, 0.3) is 0 Å². The predicted octanol–water partition coefficient (Wildman–Crippen LogP) is 1.94. The minimum absolute atomic E-state index is 0.0772. The third-order valence-electron chi connectivity index (χ3n) is 3.41. The maximum absolute atomic E-state index is 11.8. The van der Waals surface area contributed by atoms with E-state index in [1.807, 2.05) is 18.7 Å². The van der Waals surface area contributed by atoms with Gasteiger partial charge in [-0.2, -0.15) is 0 Å². The van der Waals surface area contributed by atoms with Crippen molar-refractivity contribution in [1.82, 2.24) is 9.88 Å². The molecule has 0 spiro atoms. The number of carbonyl (C=O) groups is 1. The first-order valence-corrected chi connectivity index (χ1v) is 6.87. The Morgan fingerprint density at radius 3 is 3.00 bits per heavy atom. The van der Waals surface area contributed by atoms with Crippen molar-refractivity contribution in [1.29, 1.82) is 0 Å². The van der Waals surface area contributed by atoms with E-state index >= 15 is 0 Å². The van der Waals surface area contributed by atoms with Crippen LogP contribution in [0.1, 0.15) is 37.8 Å². The molecule has 1 fully saturated rings. The molecule has 0 saturated carbocycles. The van der Waals surface area contributed by atoms with Crippen LogP contribution in [-0.2, 0) is 11.2 Å². The molecule has 1 aliphatic heterocycles. The second-order valence-electron chi connectivity index (χ2n) is 4.82. The van der Waals surface area contributed by atoms with Crippen LogP contribution in [0.4, 0.5) is 0 Å². The van der Waals surface area contributed by atoms with Crippen molar-refractivity contribution in [2.45, 2.75) is 45.6 Å². The van der Waals surface area contributed by atoms with Crippen molar-refractivity contribution in [2.75, 3.05) is 13.7 Å². The lowest BCUT2D eigenvalue weighted by Gasteiger charge is -2.20. The zero-order valence-electron chi connectivity index (χ0n) is 12.2. The van der Waals surface area contributed by atoms with Gasteiger partial charge in [0.05, 0.1) is 13.2 Å². The first-order valence-electron chi connectivity index (χ1n) is 6.87. The van der Waals surface area contributed by atoms with Gasteiger partial charge in [0.25, 0.3) is 0 Å². The van der Waals surface area contributed by atoms with Crippen molar-refractivity contribution >= 4 is 5.91 Å². The highest BCUT2D eigenvalue weighted by atomic mass is 16.6. The zero-order chi connectivity index (χ0) is 14.5. The molecule has 1 aromatic heterocycles. The molecule has 0 aliphatic carbocycles. The molecular weight excluding hydrogens is 256 g/mol. The van der Waals surface area contributed by atoms with E-state index < -0.39 is 0 Å². The van der Waals surface area contributed by atoms with Crippen molar-refractivity contribution in [3.8, 4) is 17.8 Å². The van der Waals surface area contributed by atoms with Crippen LogP contribution < -0.4 is 4.74 Å². The van der Waals surface area contributed by atoms with Crippen LogP contribution in [-0.4, -0.2) is 35.5 Å². The minimum Gasteiger partial charge on any atom is -0.467 e. The topological polar surface area (TPSA) is 55.6 Å². The molecule has 2 heterocycles. The van der Waals surface area contributed by atoms with Gasteiger partial charge in [0.15, 0.2) is 5.89 Å². The summed E-state index contributed by atoms with van der Waals surface area (Å²) >= 11 is 0. The summed E-state index contributed by atoms with van der Waals surface area (Å²) in [5, 5.41) is 0. The van der Waals surface area contributed by atoms with E-state index in [1.165, 1.54) is 0 Å². The fraction of sp³-hybridized carbons (Fsp3) is 0.600. The molecule has 1 amide bonds. The Morgan fingerprint density at radius 2 is 2.35 bits per heavy atom. The molecule has 5 nitrogen and oxygen atoms in total. The number of rotatable bonds is 5. The fourth-order valence-electron chi connectivity index (χ4n) is 2.46. The molecule has 0 bridgehead atoms. The van der Waals surface area contributed by atoms with E-state index in [0.717, 1.165) is 18.5 Å². The summed E-state index contributed by atoms with van der Waals surface area (Å²) < 4.78 is 10.5. The van der Waals surface area contributed by atoms with Gasteiger partial charge in [0, 0.05) is 19.4 Å². The van der Waals surface area contributed by atoms with Crippen LogP contribution in [0.5, 0.6) is 5.95 Å². The Bertz CT molecular complexity index is 539. The normalized spacial score (nSPS) is 18.1. The Labute approximate surface area is 119 Å². The van der Waals surface area contributed by atoms with Crippen molar-refractivity contribution in [3.05, 3.63) is 11.6 Å². The summed E-state index contributed by atoms with van der Waals surface area (Å²) in [6, 6.07) is 0.0772. The minimum atomic E-state index is 0.0772. The number of aromatic nitrogens is 1. The van der Waals surface area contributed by atoms with Gasteiger partial charge in [-0.15, -0.1) is 5.92 Å². The standard InChI is InChI=1S/C15H20N2O3/c1-4-6-12-8-9-14(18)17(12)10-5-7-13-16-11(2)15(19-3)20-13/h12H,5,7-10H2,1-3H3. The number of carbonyl (C=O) groups excluding carboxylic acids is 1. The summed E-state index contributed by atoms with van der Waals surface area (Å²) in [6.45, 7) is 4.35. The summed E-state index contributed by atoms with van der Waals surface area (Å²) in [4.78, 5) is 18.0. The maximum atomic E-state index is 11.8. The van der Waals surface area contributed by atoms with Gasteiger partial charge in [-0.3, -0.25) is 4.79 Å². The second-order valence-corrected chi connectivity index (χ2v) is 4.82. The lowest BCUT2D eigenvalue weighted by atomic mass is 10.2. The number of oxazole rings is 1. The summed E-state index contributed by atoms with van der Waals surface area (Å²) in [5.41, 5.74) is 0.759. The highest BCUT2D eigenvalue weighted by Gasteiger charge is 2.28. The smallest absolute Gasteiger partial charge is 0.307 e. The van der Waals surface area contributed by atoms with Crippen molar-refractivity contribution in [3.63, 3.8) is 0 Å². The summed E-state index contributed by atoms with van der Waals surface area (Å²) in [6.07, 6.45) is 2.95. The van der Waals surface area contributed by atoms with E-state index in [-0.39, 0.29) is 11.9 Å². The molecule has 20 heavy (non-hydrogen) atoms. The van der Waals surface area contributed by atoms with Crippen molar-refractivity contribution in [2.24, 2.45) is 0 Å². The maximum Gasteiger partial charge on any atom is 0.307 e. The number of nitrogens with zero attached hydrogens (tertiary/aromatic N) is 2. The summed E-state index contributed by atoms with van der Waals surface area (Å²) in [7, 11) is 1.56. The van der Waals surface area contributed by atoms with Gasteiger partial charge < -0.3 is 14.1 Å². The molecular formula is C15H20N2O3. The third kappa shape index (κ3) is 3.13. The molecule has 0 radical (unpaired) electrons. The van der Waals surface area contributed by atoms with E-state index in [9.17, 15) is 4.79 Å². The Morgan fingerprint density at radius 1 is 1.55 bits per heavy atom. The monoisotopic (exact) mass is 276 g/mol. The average Bonchev–Trinajstić information content (AvgIpc) is 2.95. The van der Waals surface area contributed by atoms with Gasteiger partial charge in [-0.05, 0) is 26.7 Å². The van der Waals surface area contributed by atoms with Crippen LogP contribution in [0.2, 0.25) is 0 Å². The van der Waals surface area contributed by atoms with Crippen LogP contribution >= 0.6 is 0 Å². The van der Waals surface area contributed by atoms with Crippen LogP contribution in [0, 0.1) is 18.8 Å². The van der Waals surface area contributed by atoms with Crippen LogP contribution in [0.3, 0.4) is 0 Å². The SMILES string of the molecule is CC#CC1CCC(=O)N1CCCc1nc(C)c(OC)o1. The molecule has 1 aromatic rings. The lowest BCUT2D eigenvalue weighted by molar-refractivity contribution is -0.128. The van der Waals surface area contributed by atoms with Gasteiger partial charge in [-0.1, -0.05) is 5.92 Å². The first kappa shape index (κ1) is 14.4. The number of hydrogen-bond donors (Lipinski definition) is 0. The van der Waals surface area contributed by atoms with Crippen LogP contribution in [0.15, 0.2) is 4.42 Å². The van der Waals surface area contributed by atoms with E-state index in [1.54, 1.807) is 7.11 Å². The number of likely N-dealkylation sites (tertiary alicyclic amines) is 1. The predicted molar refractivity (Wildman–Crippen MR) is 74.3 cm³/mol. The largest absolute Gasteiger partial charge is 0.467 e. The molecule has 1 atom stereocenters. The van der Waals surface area contributed by atoms with Gasteiger partial charge >= 0.3 is 5.95 Å². The first-order chi connectivity index (χ1) is 9.65. The molecule has 1 saturated heterocycles. The molecule has 1 aliphatic rings. The van der Waals surface area contributed by atoms with E-state index in [0.29, 0.717) is 31.2 Å². The summed E-state index contributed by atoms with van der Waals surface area (Å²) in [5.74, 6) is 7.30. The highest BCUT2D eigenvalue weighted by Crippen LogP contribution is 2.21. The molecule has 1 unspecified atom stereocenters. The average molecular weight is 276 g/mol. The van der Waals surface area contributed by atoms with E-state index in [4.69, 9.17) is 9.15 Å². The zero-order valence-corrected chi connectivity index (χ0v) is 12.2. The highest BCUT2D eigenvalue weighted by molar-refractivity contribution is 5.79. The Hall–Kier alpha value is -1.96. The molecule has 5 heteroatoms. The molecule has 0 aromatic carbocycles. The number of methoxy groups -OCH3 is 1. The second kappa shape index (κ2) is 6.47. The number of hydrogen-bond acceptors (Lipinski definition) is 4. The fourth-order valence-corrected chi connectivity index (χ4v) is 2.46. The number of aryl methyl sites for hydroxylation is 2. The Balaban J connectivity index is 1.87. The lowest BCUT2D eigenvalue weighted by Crippen LogP contribution is -2.33. The Kier molecular flexibility index (Phi) is 4.67. The molecule has 0 N–H and O–H groups in total. The number of ether oxygens (including phenoxy) is 1. The van der Waals surface area contributed by atoms with Gasteiger partial charge in [-0.25, -0.2) is 4.98 Å². The molecule has 108 valence electrons. The third-order valence-corrected chi connectivity index (χ3v) is 3.41. The van der Waals surface area contributed by atoms with Gasteiger partial charge in [0.1, 0.15) is 5.69 Å². The van der Waals surface area contributed by atoms with Crippen molar-refractivity contribution < 1.29 is 13.9 Å².